The van der Waals surface area contributed by atoms with Crippen molar-refractivity contribution in [3.05, 3.63) is 47.0 Å². The van der Waals surface area contributed by atoms with E-state index >= 15 is 0 Å². The van der Waals surface area contributed by atoms with E-state index in [1.54, 1.807) is 18.2 Å². The lowest BCUT2D eigenvalue weighted by atomic mass is 9.90. The zero-order chi connectivity index (χ0) is 18.2. The normalized spacial score (nSPS) is 16.2. The summed E-state index contributed by atoms with van der Waals surface area (Å²) in [4.78, 5) is 11.3. The van der Waals surface area contributed by atoms with Gasteiger partial charge in [0.1, 0.15) is 17.6 Å². The second-order valence-electron chi connectivity index (χ2n) is 5.87. The molecule has 7 heteroatoms. The Morgan fingerprint density at radius 3 is 2.44 bits per heavy atom. The van der Waals surface area contributed by atoms with Crippen LogP contribution in [0.5, 0.6) is 11.5 Å². The predicted octanol–water partition coefficient (Wildman–Crippen LogP) is 4.89. The molecule has 0 aromatic heterocycles. The molecule has 0 aliphatic heterocycles. The van der Waals surface area contributed by atoms with Crippen LogP contribution in [0.15, 0.2) is 36.4 Å². The van der Waals surface area contributed by atoms with Gasteiger partial charge < -0.3 is 14.6 Å². The predicted molar refractivity (Wildman–Crippen MR) is 89.0 cm³/mol. The summed E-state index contributed by atoms with van der Waals surface area (Å²) in [7, 11) is 1.48. The molecule has 1 aliphatic rings. The Balaban J connectivity index is 1.98. The summed E-state index contributed by atoms with van der Waals surface area (Å²) >= 11 is 6.13. The van der Waals surface area contributed by atoms with Crippen LogP contribution in [0, 0.1) is 0 Å². The molecule has 1 aliphatic carbocycles. The van der Waals surface area contributed by atoms with E-state index in [4.69, 9.17) is 21.1 Å². The minimum Gasteiger partial charge on any atom is -0.495 e. The van der Waals surface area contributed by atoms with Crippen molar-refractivity contribution in [3.63, 3.8) is 0 Å². The van der Waals surface area contributed by atoms with Crippen LogP contribution in [-0.2, 0) is 0 Å². The van der Waals surface area contributed by atoms with Crippen LogP contribution in [-0.4, -0.2) is 30.2 Å². The first-order valence-corrected chi connectivity index (χ1v) is 7.92. The van der Waals surface area contributed by atoms with Gasteiger partial charge in [-0.2, -0.15) is 0 Å². The molecule has 132 valence electrons. The van der Waals surface area contributed by atoms with E-state index in [1.165, 1.54) is 25.3 Å². The van der Waals surface area contributed by atoms with Crippen LogP contribution in [0.4, 0.5) is 8.78 Å². The number of halogens is 3. The van der Waals surface area contributed by atoms with Crippen LogP contribution in [0.1, 0.15) is 23.2 Å². The van der Waals surface area contributed by atoms with Gasteiger partial charge in [0, 0.05) is 18.4 Å². The van der Waals surface area contributed by atoms with Crippen LogP contribution in [0.25, 0.3) is 11.1 Å². The maximum atomic E-state index is 13.0. The third-order valence-corrected chi connectivity index (χ3v) is 4.33. The first kappa shape index (κ1) is 17.5. The maximum Gasteiger partial charge on any atom is 0.335 e. The molecule has 0 radical (unpaired) electrons. The number of carboxylic acid groups (broad SMARTS) is 1. The van der Waals surface area contributed by atoms with Gasteiger partial charge >= 0.3 is 5.97 Å². The number of hydrogen-bond donors (Lipinski definition) is 1. The number of carbonyl (C=O) groups is 1. The Kier molecular flexibility index (Phi) is 4.56. The highest BCUT2D eigenvalue weighted by atomic mass is 35.5. The largest absolute Gasteiger partial charge is 0.495 e. The van der Waals surface area contributed by atoms with Gasteiger partial charge in [-0.15, -0.1) is 0 Å². The van der Waals surface area contributed by atoms with Crippen molar-refractivity contribution < 1.29 is 28.2 Å². The lowest BCUT2D eigenvalue weighted by Crippen LogP contribution is -2.43. The minimum atomic E-state index is -2.70. The number of methoxy groups -OCH3 is 1. The number of benzene rings is 2. The minimum absolute atomic E-state index is 0.0632. The van der Waals surface area contributed by atoms with E-state index in [9.17, 15) is 18.7 Å². The fourth-order valence-electron chi connectivity index (χ4n) is 2.69. The Bertz CT molecular complexity index is 815. The van der Waals surface area contributed by atoms with E-state index in [0.717, 1.165) is 0 Å². The van der Waals surface area contributed by atoms with Gasteiger partial charge in [0.2, 0.25) is 0 Å². The van der Waals surface area contributed by atoms with Gasteiger partial charge in [-0.1, -0.05) is 17.7 Å². The number of carboxylic acids is 1. The van der Waals surface area contributed by atoms with Gasteiger partial charge in [-0.05, 0) is 35.9 Å². The van der Waals surface area contributed by atoms with Gasteiger partial charge in [0.15, 0.2) is 0 Å². The van der Waals surface area contributed by atoms with Crippen molar-refractivity contribution in [2.24, 2.45) is 0 Å². The zero-order valence-electron chi connectivity index (χ0n) is 13.3. The lowest BCUT2D eigenvalue weighted by Gasteiger charge is -2.35. The first-order valence-electron chi connectivity index (χ1n) is 7.55. The molecule has 0 saturated heterocycles. The van der Waals surface area contributed by atoms with Crippen LogP contribution >= 0.6 is 11.6 Å². The second-order valence-corrected chi connectivity index (χ2v) is 6.28. The summed E-state index contributed by atoms with van der Waals surface area (Å²) in [6.45, 7) is 0. The van der Waals surface area contributed by atoms with Gasteiger partial charge in [-0.3, -0.25) is 0 Å². The van der Waals surface area contributed by atoms with Gasteiger partial charge in [0.05, 0.1) is 17.7 Å². The highest BCUT2D eigenvalue weighted by molar-refractivity contribution is 6.32. The first-order chi connectivity index (χ1) is 11.8. The SMILES string of the molecule is COc1ccc(-c2cc(C(=O)O)ccc2OC2CC(F)(F)C2)cc1Cl. The summed E-state index contributed by atoms with van der Waals surface area (Å²) in [5, 5.41) is 9.55. The quantitative estimate of drug-likeness (QED) is 0.816. The molecule has 25 heavy (non-hydrogen) atoms. The molecule has 0 atom stereocenters. The molecule has 0 heterocycles. The fourth-order valence-corrected chi connectivity index (χ4v) is 2.95. The second kappa shape index (κ2) is 6.52. The Labute approximate surface area is 147 Å². The number of rotatable bonds is 5. The molecule has 1 saturated carbocycles. The Hall–Kier alpha value is -2.34. The highest BCUT2D eigenvalue weighted by Gasteiger charge is 2.47. The summed E-state index contributed by atoms with van der Waals surface area (Å²) in [6, 6.07) is 9.26. The number of alkyl halides is 2. The van der Waals surface area contributed by atoms with E-state index in [2.05, 4.69) is 0 Å². The van der Waals surface area contributed by atoms with Crippen LogP contribution in [0.2, 0.25) is 5.02 Å². The van der Waals surface area contributed by atoms with E-state index in [0.29, 0.717) is 27.6 Å². The van der Waals surface area contributed by atoms with Crippen molar-refractivity contribution in [1.82, 2.24) is 0 Å². The summed E-state index contributed by atoms with van der Waals surface area (Å²) in [6.07, 6.45) is -1.30. The summed E-state index contributed by atoms with van der Waals surface area (Å²) in [5.74, 6) is -2.98. The van der Waals surface area contributed by atoms with Crippen molar-refractivity contribution in [1.29, 1.82) is 0 Å². The van der Waals surface area contributed by atoms with E-state index in [-0.39, 0.29) is 18.4 Å². The van der Waals surface area contributed by atoms with Crippen molar-refractivity contribution in [2.75, 3.05) is 7.11 Å². The monoisotopic (exact) mass is 368 g/mol. The molecular formula is C18H15ClF2O4. The molecule has 1 fully saturated rings. The topological polar surface area (TPSA) is 55.8 Å². The molecule has 4 nitrogen and oxygen atoms in total. The van der Waals surface area contributed by atoms with Crippen molar-refractivity contribution in [3.8, 4) is 22.6 Å². The third kappa shape index (κ3) is 3.69. The third-order valence-electron chi connectivity index (χ3n) is 4.04. The standard InChI is InChI=1S/C18H15ClF2O4/c1-24-16-5-2-10(7-14(16)19)13-6-11(17(22)23)3-4-15(13)25-12-8-18(20,21)9-12/h2-7,12H,8-9H2,1H3,(H,22,23). The smallest absolute Gasteiger partial charge is 0.335 e. The molecule has 2 aromatic carbocycles. The molecule has 1 N–H and O–H groups in total. The van der Waals surface area contributed by atoms with Gasteiger partial charge in [0.25, 0.3) is 5.92 Å². The summed E-state index contributed by atoms with van der Waals surface area (Å²) in [5.41, 5.74) is 1.14. The molecule has 0 amide bonds. The Morgan fingerprint density at radius 2 is 1.88 bits per heavy atom. The van der Waals surface area contributed by atoms with Crippen molar-refractivity contribution in [2.45, 2.75) is 24.9 Å². The zero-order valence-corrected chi connectivity index (χ0v) is 14.0. The van der Waals surface area contributed by atoms with Crippen LogP contribution < -0.4 is 9.47 Å². The van der Waals surface area contributed by atoms with Crippen molar-refractivity contribution >= 4 is 17.6 Å². The number of aromatic carboxylic acids is 1. The molecule has 0 unspecified atom stereocenters. The van der Waals surface area contributed by atoms with Gasteiger partial charge in [-0.25, -0.2) is 13.6 Å². The molecule has 0 spiro atoms. The fraction of sp³-hybridized carbons (Fsp3) is 0.278. The average Bonchev–Trinajstić information content (AvgIpc) is 2.53. The lowest BCUT2D eigenvalue weighted by molar-refractivity contribution is -0.134. The molecular weight excluding hydrogens is 354 g/mol. The van der Waals surface area contributed by atoms with Crippen LogP contribution in [0.3, 0.4) is 0 Å². The average molecular weight is 369 g/mol. The van der Waals surface area contributed by atoms with E-state index in [1.807, 2.05) is 0 Å². The molecule has 3 rings (SSSR count). The molecule has 2 aromatic rings. The highest BCUT2D eigenvalue weighted by Crippen LogP contribution is 2.42. The summed E-state index contributed by atoms with van der Waals surface area (Å²) < 4.78 is 36.8. The maximum absolute atomic E-state index is 13.0. The number of hydrogen-bond acceptors (Lipinski definition) is 3. The van der Waals surface area contributed by atoms with E-state index < -0.39 is 18.0 Å². The number of ether oxygens (including phenoxy) is 2. The molecule has 0 bridgehead atoms. The Morgan fingerprint density at radius 1 is 1.20 bits per heavy atom.